The number of halogens is 6. The van der Waals surface area contributed by atoms with Crippen LogP contribution in [0.4, 0.5) is 32.0 Å². The van der Waals surface area contributed by atoms with Crippen LogP contribution in [0.5, 0.6) is 0 Å². The van der Waals surface area contributed by atoms with Gasteiger partial charge in [-0.2, -0.15) is 26.3 Å². The molecule has 1 aromatic carbocycles. The molecule has 152 valence electrons. The van der Waals surface area contributed by atoms with Crippen LogP contribution in [0.1, 0.15) is 12.8 Å². The zero-order valence-electron chi connectivity index (χ0n) is 14.0. The molecule has 0 radical (unpaired) electrons. The second-order valence-corrected chi connectivity index (χ2v) is 5.35. The predicted octanol–water partition coefficient (Wildman–Crippen LogP) is 3.48. The quantitative estimate of drug-likeness (QED) is 0.469. The third-order valence-corrected chi connectivity index (χ3v) is 3.06. The van der Waals surface area contributed by atoms with Crippen LogP contribution in [0.2, 0.25) is 0 Å². The number of carbonyl (C=O) groups is 2. The van der Waals surface area contributed by atoms with Crippen molar-refractivity contribution >= 4 is 17.6 Å². The molecule has 0 bridgehead atoms. The Labute approximate surface area is 150 Å². The van der Waals surface area contributed by atoms with Crippen molar-refractivity contribution in [2.45, 2.75) is 25.2 Å². The first kappa shape index (κ1) is 22.6. The van der Waals surface area contributed by atoms with E-state index in [4.69, 9.17) is 0 Å². The molecule has 0 spiro atoms. The van der Waals surface area contributed by atoms with Gasteiger partial charge < -0.3 is 14.4 Å². The van der Waals surface area contributed by atoms with Crippen LogP contribution in [0.3, 0.4) is 0 Å². The molecule has 0 fully saturated rings. The van der Waals surface area contributed by atoms with E-state index in [1.165, 1.54) is 4.90 Å². The second-order valence-electron chi connectivity index (χ2n) is 5.35. The Kier molecular flexibility index (Phi) is 8.38. The molecule has 0 heterocycles. The zero-order valence-corrected chi connectivity index (χ0v) is 14.0. The van der Waals surface area contributed by atoms with E-state index in [9.17, 15) is 35.9 Å². The zero-order chi connectivity index (χ0) is 20.5. The lowest BCUT2D eigenvalue weighted by Crippen LogP contribution is -2.33. The normalized spacial score (nSPS) is 11.8. The maximum absolute atomic E-state index is 12.1. The highest BCUT2D eigenvalue weighted by Crippen LogP contribution is 2.21. The van der Waals surface area contributed by atoms with Crippen molar-refractivity contribution in [1.82, 2.24) is 0 Å². The molecule has 0 saturated heterocycles. The maximum atomic E-state index is 12.1. The van der Waals surface area contributed by atoms with E-state index >= 15 is 0 Å². The van der Waals surface area contributed by atoms with Crippen LogP contribution in [-0.4, -0.2) is 50.6 Å². The van der Waals surface area contributed by atoms with Gasteiger partial charge in [0.25, 0.3) is 0 Å². The SMILES string of the molecule is O=C(CC(F)(F)F)OCCN(CCOC(=O)CC(F)(F)F)c1ccccc1. The number of rotatable bonds is 9. The third kappa shape index (κ3) is 11.0. The molecule has 0 aliphatic rings. The number of ether oxygens (including phenoxy) is 2. The molecule has 0 amide bonds. The number of nitrogens with zero attached hydrogens (tertiary/aromatic N) is 1. The summed E-state index contributed by atoms with van der Waals surface area (Å²) in [7, 11) is 0. The Morgan fingerprint density at radius 2 is 1.19 bits per heavy atom. The number of hydrogen-bond donors (Lipinski definition) is 0. The van der Waals surface area contributed by atoms with Gasteiger partial charge in [-0.1, -0.05) is 18.2 Å². The Morgan fingerprint density at radius 1 is 0.778 bits per heavy atom. The van der Waals surface area contributed by atoms with Crippen LogP contribution >= 0.6 is 0 Å². The van der Waals surface area contributed by atoms with Crippen molar-refractivity contribution in [3.8, 4) is 0 Å². The van der Waals surface area contributed by atoms with Crippen molar-refractivity contribution in [2.75, 3.05) is 31.2 Å². The standard InChI is InChI=1S/C16H17F6NO4/c17-15(18,19)10-13(24)26-8-6-23(12-4-2-1-3-5-12)7-9-27-14(25)11-16(20,21)22/h1-5H,6-11H2. The minimum absolute atomic E-state index is 0.0373. The van der Waals surface area contributed by atoms with Gasteiger partial charge in [-0.15, -0.1) is 0 Å². The fourth-order valence-corrected chi connectivity index (χ4v) is 1.98. The van der Waals surface area contributed by atoms with Crippen molar-refractivity contribution in [2.24, 2.45) is 0 Å². The molecule has 5 nitrogen and oxygen atoms in total. The van der Waals surface area contributed by atoms with Crippen LogP contribution in [0.25, 0.3) is 0 Å². The van der Waals surface area contributed by atoms with E-state index in [0.29, 0.717) is 5.69 Å². The highest BCUT2D eigenvalue weighted by atomic mass is 19.4. The van der Waals surface area contributed by atoms with E-state index in [-0.39, 0.29) is 26.3 Å². The summed E-state index contributed by atoms with van der Waals surface area (Å²) in [5.74, 6) is -2.88. The Hall–Kier alpha value is -2.46. The number of alkyl halides is 6. The topological polar surface area (TPSA) is 55.8 Å². The summed E-state index contributed by atoms with van der Waals surface area (Å²) in [6.45, 7) is -0.824. The molecule has 1 aromatic rings. The summed E-state index contributed by atoms with van der Waals surface area (Å²) in [6, 6.07) is 8.29. The van der Waals surface area contributed by atoms with Crippen LogP contribution < -0.4 is 4.90 Å². The molecule has 0 aromatic heterocycles. The molecule has 0 aliphatic carbocycles. The lowest BCUT2D eigenvalue weighted by molar-refractivity contribution is -0.172. The number of para-hydroxylation sites is 1. The number of hydrogen-bond acceptors (Lipinski definition) is 5. The molecule has 11 heteroatoms. The average molecular weight is 401 g/mol. The van der Waals surface area contributed by atoms with Crippen LogP contribution in [0.15, 0.2) is 30.3 Å². The summed E-state index contributed by atoms with van der Waals surface area (Å²) in [6.07, 6.45) is -12.8. The first-order chi connectivity index (χ1) is 12.5. The smallest absolute Gasteiger partial charge is 0.399 e. The first-order valence-corrected chi connectivity index (χ1v) is 7.71. The van der Waals surface area contributed by atoms with Crippen LogP contribution in [-0.2, 0) is 19.1 Å². The first-order valence-electron chi connectivity index (χ1n) is 7.71. The van der Waals surface area contributed by atoms with Gasteiger partial charge in [0.2, 0.25) is 0 Å². The lowest BCUT2D eigenvalue weighted by Gasteiger charge is -2.24. The predicted molar refractivity (Wildman–Crippen MR) is 81.9 cm³/mol. The van der Waals surface area contributed by atoms with Gasteiger partial charge in [0.15, 0.2) is 0 Å². The van der Waals surface area contributed by atoms with E-state index in [2.05, 4.69) is 9.47 Å². The van der Waals surface area contributed by atoms with Gasteiger partial charge in [0.1, 0.15) is 26.1 Å². The fourth-order valence-electron chi connectivity index (χ4n) is 1.98. The van der Waals surface area contributed by atoms with Crippen molar-refractivity contribution in [1.29, 1.82) is 0 Å². The Bertz CT molecular complexity index is 569. The van der Waals surface area contributed by atoms with E-state index in [1.807, 2.05) is 0 Å². The Morgan fingerprint density at radius 3 is 1.56 bits per heavy atom. The van der Waals surface area contributed by atoms with Gasteiger partial charge >= 0.3 is 24.3 Å². The number of anilines is 1. The minimum Gasteiger partial charge on any atom is -0.464 e. The van der Waals surface area contributed by atoms with Gasteiger partial charge in [-0.05, 0) is 12.1 Å². The minimum atomic E-state index is -4.68. The molecule has 0 N–H and O–H groups in total. The lowest BCUT2D eigenvalue weighted by atomic mass is 10.3. The van der Waals surface area contributed by atoms with Crippen molar-refractivity contribution in [3.63, 3.8) is 0 Å². The van der Waals surface area contributed by atoms with E-state index in [0.717, 1.165) is 0 Å². The number of esters is 2. The maximum Gasteiger partial charge on any atom is 0.399 e. The molecule has 0 aliphatic heterocycles. The molecule has 1 rings (SSSR count). The number of benzene rings is 1. The van der Waals surface area contributed by atoms with Gasteiger partial charge in [0.05, 0.1) is 13.1 Å². The van der Waals surface area contributed by atoms with Gasteiger partial charge in [0, 0.05) is 5.69 Å². The molecule has 0 saturated carbocycles. The van der Waals surface area contributed by atoms with Crippen molar-refractivity contribution in [3.05, 3.63) is 30.3 Å². The molecular weight excluding hydrogens is 384 g/mol. The molecular formula is C16H17F6NO4. The monoisotopic (exact) mass is 401 g/mol. The molecule has 27 heavy (non-hydrogen) atoms. The third-order valence-electron chi connectivity index (χ3n) is 3.06. The van der Waals surface area contributed by atoms with E-state index < -0.39 is 37.1 Å². The second kappa shape index (κ2) is 10.0. The summed E-state index contributed by atoms with van der Waals surface area (Å²) < 4.78 is 81.5. The summed E-state index contributed by atoms with van der Waals surface area (Å²) >= 11 is 0. The van der Waals surface area contributed by atoms with E-state index in [1.54, 1.807) is 30.3 Å². The summed E-state index contributed by atoms with van der Waals surface area (Å²) in [5.41, 5.74) is 0.566. The average Bonchev–Trinajstić information content (AvgIpc) is 2.51. The summed E-state index contributed by atoms with van der Waals surface area (Å²) in [4.78, 5) is 23.7. The van der Waals surface area contributed by atoms with Crippen molar-refractivity contribution < 1.29 is 45.4 Å². The molecule has 0 atom stereocenters. The highest BCUT2D eigenvalue weighted by Gasteiger charge is 2.33. The Balaban J connectivity index is 2.52. The van der Waals surface area contributed by atoms with Gasteiger partial charge in [-0.3, -0.25) is 9.59 Å². The summed E-state index contributed by atoms with van der Waals surface area (Å²) in [5, 5.41) is 0. The van der Waals surface area contributed by atoms with Crippen LogP contribution in [0, 0.1) is 0 Å². The van der Waals surface area contributed by atoms with Gasteiger partial charge in [-0.25, -0.2) is 0 Å². The number of carbonyl (C=O) groups excluding carboxylic acids is 2. The fraction of sp³-hybridized carbons (Fsp3) is 0.500. The molecule has 0 unspecified atom stereocenters. The highest BCUT2D eigenvalue weighted by molar-refractivity contribution is 5.70. The largest absolute Gasteiger partial charge is 0.464 e.